The number of anilines is 1. The number of benzene rings is 1. The summed E-state index contributed by atoms with van der Waals surface area (Å²) in [5.74, 6) is -0.995. The van der Waals surface area contributed by atoms with Crippen LogP contribution < -0.4 is 5.32 Å². The molecule has 0 aromatic heterocycles. The Morgan fingerprint density at radius 2 is 2.29 bits per heavy atom. The molecule has 0 amide bonds. The monoisotopic (exact) mass is 310 g/mol. The van der Waals surface area contributed by atoms with E-state index in [0.29, 0.717) is 6.04 Å². The third-order valence-electron chi connectivity index (χ3n) is 4.09. The molecule has 0 aliphatic carbocycles. The Balaban J connectivity index is 1.76. The number of carboxylic acids is 1. The maximum Gasteiger partial charge on any atom is 0.337 e. The van der Waals surface area contributed by atoms with Crippen molar-refractivity contribution < 1.29 is 9.90 Å². The van der Waals surface area contributed by atoms with Gasteiger partial charge < -0.3 is 15.3 Å². The highest BCUT2D eigenvalue weighted by Gasteiger charge is 2.17. The Hall–Kier alpha value is -1.26. The molecule has 21 heavy (non-hydrogen) atoms. The first-order valence-electron chi connectivity index (χ1n) is 7.58. The number of rotatable bonds is 6. The van der Waals surface area contributed by atoms with Crippen LogP contribution in [0.5, 0.6) is 0 Å². The van der Waals surface area contributed by atoms with Crippen LogP contribution in [0.25, 0.3) is 0 Å². The van der Waals surface area contributed by atoms with E-state index in [2.05, 4.69) is 17.1 Å². The molecule has 116 valence electrons. The van der Waals surface area contributed by atoms with E-state index in [0.717, 1.165) is 25.2 Å². The molecule has 0 spiro atoms. The summed E-state index contributed by atoms with van der Waals surface area (Å²) in [6.07, 6.45) is 5.04. The normalized spacial score (nSPS) is 19.4. The van der Waals surface area contributed by atoms with Gasteiger partial charge in [-0.2, -0.15) is 0 Å². The van der Waals surface area contributed by atoms with Crippen LogP contribution in [0.3, 0.4) is 0 Å². The zero-order valence-electron chi connectivity index (χ0n) is 12.4. The van der Waals surface area contributed by atoms with Crippen molar-refractivity contribution in [3.8, 4) is 0 Å². The standard InChI is InChI=1S/C16H23ClN2O2/c1-12-5-2-3-9-19(12)10-4-8-18-13-6-7-14(16(20)21)15(17)11-13/h6-7,11-12,18H,2-5,8-10H2,1H3,(H,20,21). The van der Waals surface area contributed by atoms with E-state index >= 15 is 0 Å². The second-order valence-corrected chi connectivity index (χ2v) is 6.07. The molecule has 2 rings (SSSR count). The molecule has 5 heteroatoms. The lowest BCUT2D eigenvalue weighted by molar-refractivity contribution is 0.0697. The summed E-state index contributed by atoms with van der Waals surface area (Å²) in [4.78, 5) is 13.4. The number of piperidine rings is 1. The Morgan fingerprint density at radius 1 is 1.48 bits per heavy atom. The Bertz CT molecular complexity index is 493. The Kier molecular flexibility index (Phi) is 5.88. The van der Waals surface area contributed by atoms with Crippen molar-refractivity contribution >= 4 is 23.3 Å². The average Bonchev–Trinajstić information content (AvgIpc) is 2.45. The third-order valence-corrected chi connectivity index (χ3v) is 4.40. The first-order valence-corrected chi connectivity index (χ1v) is 7.96. The van der Waals surface area contributed by atoms with Crippen LogP contribution >= 0.6 is 11.6 Å². The maximum absolute atomic E-state index is 10.9. The van der Waals surface area contributed by atoms with E-state index in [9.17, 15) is 4.79 Å². The molecule has 0 radical (unpaired) electrons. The van der Waals surface area contributed by atoms with E-state index in [1.807, 2.05) is 0 Å². The quantitative estimate of drug-likeness (QED) is 0.786. The van der Waals surface area contributed by atoms with Gasteiger partial charge in [-0.15, -0.1) is 0 Å². The molecule has 1 unspecified atom stereocenters. The van der Waals surface area contributed by atoms with Crippen LogP contribution in [0, 0.1) is 0 Å². The molecule has 1 aromatic rings. The largest absolute Gasteiger partial charge is 0.478 e. The summed E-state index contributed by atoms with van der Waals surface area (Å²) < 4.78 is 0. The minimum atomic E-state index is -0.995. The average molecular weight is 311 g/mol. The van der Waals surface area contributed by atoms with E-state index in [1.165, 1.54) is 25.8 Å². The van der Waals surface area contributed by atoms with Crippen LogP contribution in [0.15, 0.2) is 18.2 Å². The topological polar surface area (TPSA) is 52.6 Å². The summed E-state index contributed by atoms with van der Waals surface area (Å²) >= 11 is 5.95. The van der Waals surface area contributed by atoms with Crippen LogP contribution in [-0.4, -0.2) is 41.7 Å². The van der Waals surface area contributed by atoms with Gasteiger partial charge in [0.2, 0.25) is 0 Å². The number of carbonyl (C=O) groups is 1. The SMILES string of the molecule is CC1CCCCN1CCCNc1ccc(C(=O)O)c(Cl)c1. The molecule has 4 nitrogen and oxygen atoms in total. The number of nitrogens with zero attached hydrogens (tertiary/aromatic N) is 1. The van der Waals surface area contributed by atoms with Gasteiger partial charge in [0.15, 0.2) is 0 Å². The van der Waals surface area contributed by atoms with E-state index < -0.39 is 5.97 Å². The molecule has 1 saturated heterocycles. The summed E-state index contributed by atoms with van der Waals surface area (Å²) in [5.41, 5.74) is 1.01. The highest BCUT2D eigenvalue weighted by atomic mass is 35.5. The van der Waals surface area contributed by atoms with Crippen molar-refractivity contribution in [3.05, 3.63) is 28.8 Å². The number of likely N-dealkylation sites (tertiary alicyclic amines) is 1. The highest BCUT2D eigenvalue weighted by molar-refractivity contribution is 6.33. The molecule has 1 atom stereocenters. The van der Waals surface area contributed by atoms with Crippen molar-refractivity contribution in [1.29, 1.82) is 0 Å². The van der Waals surface area contributed by atoms with E-state index in [-0.39, 0.29) is 10.6 Å². The minimum Gasteiger partial charge on any atom is -0.478 e. The predicted octanol–water partition coefficient (Wildman–Crippen LogP) is 3.71. The molecule has 1 aromatic carbocycles. The zero-order chi connectivity index (χ0) is 15.2. The number of hydrogen-bond acceptors (Lipinski definition) is 3. The lowest BCUT2D eigenvalue weighted by Gasteiger charge is -2.33. The van der Waals surface area contributed by atoms with Gasteiger partial charge in [0.25, 0.3) is 0 Å². The van der Waals surface area contributed by atoms with E-state index in [4.69, 9.17) is 16.7 Å². The third kappa shape index (κ3) is 4.61. The van der Waals surface area contributed by atoms with Crippen LogP contribution in [0.2, 0.25) is 5.02 Å². The van der Waals surface area contributed by atoms with Crippen molar-refractivity contribution in [2.75, 3.05) is 25.0 Å². The molecular formula is C16H23ClN2O2. The van der Waals surface area contributed by atoms with Crippen LogP contribution in [0.1, 0.15) is 43.0 Å². The first-order chi connectivity index (χ1) is 10.1. The van der Waals surface area contributed by atoms with Gasteiger partial charge in [0, 0.05) is 24.8 Å². The number of halogens is 1. The fourth-order valence-corrected chi connectivity index (χ4v) is 3.06. The number of aromatic carboxylic acids is 1. The van der Waals surface area contributed by atoms with Crippen LogP contribution in [-0.2, 0) is 0 Å². The summed E-state index contributed by atoms with van der Waals surface area (Å²) in [7, 11) is 0. The van der Waals surface area contributed by atoms with E-state index in [1.54, 1.807) is 18.2 Å². The lowest BCUT2D eigenvalue weighted by atomic mass is 10.0. The lowest BCUT2D eigenvalue weighted by Crippen LogP contribution is -2.38. The fourth-order valence-electron chi connectivity index (χ4n) is 2.80. The molecule has 1 heterocycles. The maximum atomic E-state index is 10.9. The molecule has 1 aliphatic rings. The van der Waals surface area contributed by atoms with Crippen molar-refractivity contribution in [2.24, 2.45) is 0 Å². The highest BCUT2D eigenvalue weighted by Crippen LogP contribution is 2.21. The van der Waals surface area contributed by atoms with Crippen molar-refractivity contribution in [3.63, 3.8) is 0 Å². The molecular weight excluding hydrogens is 288 g/mol. The summed E-state index contributed by atoms with van der Waals surface area (Å²) in [5, 5.41) is 12.5. The smallest absolute Gasteiger partial charge is 0.337 e. The molecule has 0 bridgehead atoms. The molecule has 1 fully saturated rings. The first kappa shape index (κ1) is 16.1. The van der Waals surface area contributed by atoms with Gasteiger partial charge in [0.1, 0.15) is 0 Å². The predicted molar refractivity (Wildman–Crippen MR) is 86.4 cm³/mol. The van der Waals surface area contributed by atoms with Crippen molar-refractivity contribution in [2.45, 2.75) is 38.6 Å². The minimum absolute atomic E-state index is 0.143. The fraction of sp³-hybridized carbons (Fsp3) is 0.562. The Morgan fingerprint density at radius 3 is 2.95 bits per heavy atom. The van der Waals surface area contributed by atoms with Gasteiger partial charge in [-0.05, 0) is 50.9 Å². The number of hydrogen-bond donors (Lipinski definition) is 2. The summed E-state index contributed by atoms with van der Waals surface area (Å²) in [6, 6.07) is 5.68. The van der Waals surface area contributed by atoms with Crippen molar-refractivity contribution in [1.82, 2.24) is 4.90 Å². The van der Waals surface area contributed by atoms with Gasteiger partial charge in [-0.1, -0.05) is 18.0 Å². The number of carboxylic acid groups (broad SMARTS) is 1. The molecule has 2 N–H and O–H groups in total. The molecule has 0 saturated carbocycles. The van der Waals surface area contributed by atoms with Crippen LogP contribution in [0.4, 0.5) is 5.69 Å². The zero-order valence-corrected chi connectivity index (χ0v) is 13.2. The van der Waals surface area contributed by atoms with Gasteiger partial charge in [-0.25, -0.2) is 4.79 Å². The Labute approximate surface area is 131 Å². The second kappa shape index (κ2) is 7.66. The number of nitrogens with one attached hydrogen (secondary N) is 1. The summed E-state index contributed by atoms with van der Waals surface area (Å²) in [6.45, 7) is 5.48. The van der Waals surface area contributed by atoms with Gasteiger partial charge >= 0.3 is 5.97 Å². The molecule has 1 aliphatic heterocycles. The second-order valence-electron chi connectivity index (χ2n) is 5.66. The van der Waals surface area contributed by atoms with Gasteiger partial charge in [0.05, 0.1) is 10.6 Å². The van der Waals surface area contributed by atoms with Gasteiger partial charge in [-0.3, -0.25) is 0 Å².